The Labute approximate surface area is 112 Å². The lowest BCUT2D eigenvalue weighted by atomic mass is 10.2. The molecule has 0 N–H and O–H groups in total. The fourth-order valence-corrected chi connectivity index (χ4v) is 1.87. The first-order valence-corrected chi connectivity index (χ1v) is 6.39. The number of aryl methyl sites for hydroxylation is 1. The van der Waals surface area contributed by atoms with Crippen molar-refractivity contribution in [2.45, 2.75) is 19.4 Å². The van der Waals surface area contributed by atoms with E-state index in [4.69, 9.17) is 4.74 Å². The molecule has 0 radical (unpaired) electrons. The Morgan fingerprint density at radius 3 is 2.53 bits per heavy atom. The average molecular weight is 261 g/mol. The average Bonchev–Trinajstić information content (AvgIpc) is 2.67. The Balaban J connectivity index is 1.72. The molecule has 0 bridgehead atoms. The summed E-state index contributed by atoms with van der Waals surface area (Å²) in [5, 5.41) is 0. The highest BCUT2D eigenvalue weighted by atomic mass is 16.5. The minimum Gasteiger partial charge on any atom is -0.377 e. The van der Waals surface area contributed by atoms with E-state index in [0.717, 1.165) is 18.7 Å². The number of benzene rings is 1. The van der Waals surface area contributed by atoms with E-state index in [-0.39, 0.29) is 5.69 Å². The van der Waals surface area contributed by atoms with Crippen molar-refractivity contribution >= 4 is 0 Å². The summed E-state index contributed by atoms with van der Waals surface area (Å²) >= 11 is 0. The van der Waals surface area contributed by atoms with Crippen LogP contribution in [0.5, 0.6) is 0 Å². The molecular formula is C14H19N3O2. The van der Waals surface area contributed by atoms with Gasteiger partial charge in [-0.05, 0) is 12.0 Å². The Kier molecular flexibility index (Phi) is 4.52. The van der Waals surface area contributed by atoms with Crippen LogP contribution in [0, 0.1) is 0 Å². The maximum atomic E-state index is 11.3. The van der Waals surface area contributed by atoms with Crippen molar-refractivity contribution in [1.82, 2.24) is 14.3 Å². The van der Waals surface area contributed by atoms with E-state index in [1.165, 1.54) is 10.2 Å². The minimum absolute atomic E-state index is 0.206. The summed E-state index contributed by atoms with van der Waals surface area (Å²) in [6, 6.07) is 10.1. The van der Waals surface area contributed by atoms with Crippen LogP contribution in [0.2, 0.25) is 0 Å². The lowest BCUT2D eigenvalue weighted by molar-refractivity contribution is 0.118. The van der Waals surface area contributed by atoms with E-state index in [1.54, 1.807) is 11.7 Å². The predicted molar refractivity (Wildman–Crippen MR) is 72.9 cm³/mol. The molecule has 19 heavy (non-hydrogen) atoms. The van der Waals surface area contributed by atoms with Gasteiger partial charge in [-0.1, -0.05) is 30.3 Å². The van der Waals surface area contributed by atoms with E-state index in [9.17, 15) is 4.79 Å². The number of hydrogen-bond donors (Lipinski definition) is 0. The molecule has 0 amide bonds. The molecule has 0 spiro atoms. The molecule has 2 aromatic rings. The standard InChI is InChI=1S/C14H19N3O2/c1-16-13(15-14(18)17(16)2)9-6-10-19-11-12-7-4-3-5-8-12/h3-5,7-8H,6,9-11H2,1-2H3. The molecule has 1 heterocycles. The Morgan fingerprint density at radius 2 is 1.89 bits per heavy atom. The summed E-state index contributed by atoms with van der Waals surface area (Å²) in [6.07, 6.45) is 1.61. The first-order chi connectivity index (χ1) is 9.18. The fraction of sp³-hybridized carbons (Fsp3) is 0.429. The molecule has 2 rings (SSSR count). The second-order valence-electron chi connectivity index (χ2n) is 4.50. The molecule has 102 valence electrons. The van der Waals surface area contributed by atoms with Gasteiger partial charge in [0.05, 0.1) is 6.61 Å². The van der Waals surface area contributed by atoms with Gasteiger partial charge in [-0.2, -0.15) is 4.98 Å². The van der Waals surface area contributed by atoms with Crippen LogP contribution in [0.4, 0.5) is 0 Å². The number of hydrogen-bond acceptors (Lipinski definition) is 3. The topological polar surface area (TPSA) is 49.1 Å². The maximum absolute atomic E-state index is 11.3. The third-order valence-corrected chi connectivity index (χ3v) is 3.13. The second-order valence-corrected chi connectivity index (χ2v) is 4.50. The molecule has 0 aliphatic carbocycles. The van der Waals surface area contributed by atoms with Gasteiger partial charge in [-0.15, -0.1) is 0 Å². The van der Waals surface area contributed by atoms with Gasteiger partial charge >= 0.3 is 5.69 Å². The van der Waals surface area contributed by atoms with Crippen LogP contribution in [-0.4, -0.2) is 21.0 Å². The minimum atomic E-state index is -0.206. The van der Waals surface area contributed by atoms with E-state index in [2.05, 4.69) is 4.98 Å². The molecule has 0 unspecified atom stereocenters. The van der Waals surface area contributed by atoms with Crippen LogP contribution in [0.25, 0.3) is 0 Å². The van der Waals surface area contributed by atoms with Crippen molar-refractivity contribution in [3.8, 4) is 0 Å². The zero-order valence-electron chi connectivity index (χ0n) is 11.4. The van der Waals surface area contributed by atoms with Crippen molar-refractivity contribution in [3.05, 3.63) is 52.2 Å². The monoisotopic (exact) mass is 261 g/mol. The van der Waals surface area contributed by atoms with E-state index in [1.807, 2.05) is 37.4 Å². The fourth-order valence-electron chi connectivity index (χ4n) is 1.87. The van der Waals surface area contributed by atoms with E-state index < -0.39 is 0 Å². The summed E-state index contributed by atoms with van der Waals surface area (Å²) in [4.78, 5) is 15.3. The van der Waals surface area contributed by atoms with Gasteiger partial charge < -0.3 is 4.74 Å². The summed E-state index contributed by atoms with van der Waals surface area (Å²) < 4.78 is 8.87. The summed E-state index contributed by atoms with van der Waals surface area (Å²) in [6.45, 7) is 1.29. The number of rotatable bonds is 6. The van der Waals surface area contributed by atoms with Gasteiger partial charge in [-0.3, -0.25) is 4.68 Å². The quantitative estimate of drug-likeness (QED) is 0.736. The highest BCUT2D eigenvalue weighted by Crippen LogP contribution is 2.02. The summed E-state index contributed by atoms with van der Waals surface area (Å²) in [5.74, 6) is 0.802. The number of aromatic nitrogens is 3. The van der Waals surface area contributed by atoms with Gasteiger partial charge in [0.25, 0.3) is 0 Å². The molecule has 0 fully saturated rings. The first kappa shape index (κ1) is 13.5. The lowest BCUT2D eigenvalue weighted by Gasteiger charge is -2.05. The number of ether oxygens (including phenoxy) is 1. The zero-order valence-corrected chi connectivity index (χ0v) is 11.4. The largest absolute Gasteiger partial charge is 0.377 e. The predicted octanol–water partition coefficient (Wildman–Crippen LogP) is 1.27. The van der Waals surface area contributed by atoms with Gasteiger partial charge in [0.15, 0.2) is 0 Å². The molecule has 1 aromatic heterocycles. The summed E-state index contributed by atoms with van der Waals surface area (Å²) in [7, 11) is 3.55. The molecule has 0 aliphatic heterocycles. The van der Waals surface area contributed by atoms with Crippen molar-refractivity contribution < 1.29 is 4.74 Å². The van der Waals surface area contributed by atoms with Crippen LogP contribution in [0.3, 0.4) is 0 Å². The zero-order chi connectivity index (χ0) is 13.7. The molecule has 0 saturated carbocycles. The van der Waals surface area contributed by atoms with Crippen LogP contribution in [-0.2, 0) is 31.9 Å². The summed E-state index contributed by atoms with van der Waals surface area (Å²) in [5.41, 5.74) is 0.968. The maximum Gasteiger partial charge on any atom is 0.363 e. The third kappa shape index (κ3) is 3.54. The van der Waals surface area contributed by atoms with Crippen molar-refractivity contribution in [1.29, 1.82) is 0 Å². The highest BCUT2D eigenvalue weighted by molar-refractivity contribution is 5.13. The molecule has 0 saturated heterocycles. The Bertz CT molecular complexity index is 572. The number of nitrogens with zero attached hydrogens (tertiary/aromatic N) is 3. The van der Waals surface area contributed by atoms with Gasteiger partial charge in [0.2, 0.25) is 0 Å². The van der Waals surface area contributed by atoms with E-state index in [0.29, 0.717) is 13.2 Å². The normalized spacial score (nSPS) is 10.8. The van der Waals surface area contributed by atoms with Crippen LogP contribution in [0.1, 0.15) is 17.8 Å². The SMILES string of the molecule is Cn1c(CCCOCc2ccccc2)nc(=O)n1C. The van der Waals surface area contributed by atoms with Gasteiger partial charge in [0, 0.05) is 27.1 Å². The first-order valence-electron chi connectivity index (χ1n) is 6.39. The molecule has 5 heteroatoms. The van der Waals surface area contributed by atoms with E-state index >= 15 is 0 Å². The van der Waals surface area contributed by atoms with Crippen LogP contribution < -0.4 is 5.69 Å². The van der Waals surface area contributed by atoms with Crippen LogP contribution in [0.15, 0.2) is 35.1 Å². The Morgan fingerprint density at radius 1 is 1.16 bits per heavy atom. The van der Waals surface area contributed by atoms with Gasteiger partial charge in [0.1, 0.15) is 5.82 Å². The molecular weight excluding hydrogens is 242 g/mol. The highest BCUT2D eigenvalue weighted by Gasteiger charge is 2.05. The molecule has 0 aliphatic rings. The van der Waals surface area contributed by atoms with Crippen molar-refractivity contribution in [2.75, 3.05) is 6.61 Å². The van der Waals surface area contributed by atoms with Gasteiger partial charge in [-0.25, -0.2) is 9.48 Å². The smallest absolute Gasteiger partial charge is 0.363 e. The van der Waals surface area contributed by atoms with Crippen molar-refractivity contribution in [2.24, 2.45) is 14.1 Å². The lowest BCUT2D eigenvalue weighted by Crippen LogP contribution is -2.18. The Hall–Kier alpha value is -1.88. The van der Waals surface area contributed by atoms with Crippen LogP contribution >= 0.6 is 0 Å². The molecule has 5 nitrogen and oxygen atoms in total. The molecule has 0 atom stereocenters. The third-order valence-electron chi connectivity index (χ3n) is 3.13. The van der Waals surface area contributed by atoms with Crippen molar-refractivity contribution in [3.63, 3.8) is 0 Å². The second kappa shape index (κ2) is 6.33. The molecule has 1 aromatic carbocycles.